The molecule has 2 aliphatic carbocycles. The Morgan fingerprint density at radius 2 is 1.43 bits per heavy atom. The number of nitro benzene ring substituents is 1. The monoisotopic (exact) mass is 640 g/mol. The summed E-state index contributed by atoms with van der Waals surface area (Å²) in [6, 6.07) is 6.95. The van der Waals surface area contributed by atoms with Crippen molar-refractivity contribution >= 4 is 17.3 Å². The molecule has 0 spiro atoms. The van der Waals surface area contributed by atoms with Crippen LogP contribution in [0, 0.1) is 20.9 Å². The molecular formula is C35H39F3N2O6. The molecule has 246 valence electrons. The van der Waals surface area contributed by atoms with E-state index in [1.165, 1.54) is 6.07 Å². The van der Waals surface area contributed by atoms with Crippen LogP contribution < -0.4 is 9.47 Å². The van der Waals surface area contributed by atoms with Crippen molar-refractivity contribution in [3.8, 4) is 17.2 Å². The summed E-state index contributed by atoms with van der Waals surface area (Å²) in [4.78, 5) is 41.0. The number of alkyl halides is 3. The van der Waals surface area contributed by atoms with Gasteiger partial charge in [0.05, 0.1) is 17.1 Å². The zero-order valence-electron chi connectivity index (χ0n) is 27.0. The molecule has 0 saturated carbocycles. The molecule has 0 aromatic heterocycles. The SMILES string of the molecule is CCCN1C2=C(C(=O)CC(C)(C)C2)C(c2ccc(Oc3ccc(C(F)(F)F)cc3[N+](=O)[O-])c(OCC)c2)C2=C1CC(C)(C)CC2=O. The van der Waals surface area contributed by atoms with Crippen molar-refractivity contribution in [3.05, 3.63) is 80.2 Å². The third kappa shape index (κ3) is 6.28. The number of Topliss-reactive ketones (excluding diaryl/α,β-unsaturated/α-hetero) is 2. The van der Waals surface area contributed by atoms with Crippen LogP contribution in [0.3, 0.4) is 0 Å². The molecule has 0 amide bonds. The second kappa shape index (κ2) is 11.9. The van der Waals surface area contributed by atoms with Gasteiger partial charge in [0.1, 0.15) is 0 Å². The first-order chi connectivity index (χ1) is 21.5. The van der Waals surface area contributed by atoms with Gasteiger partial charge in [0.2, 0.25) is 5.75 Å². The first kappa shape index (κ1) is 33.2. The third-order valence-electron chi connectivity index (χ3n) is 8.77. The summed E-state index contributed by atoms with van der Waals surface area (Å²) in [7, 11) is 0. The summed E-state index contributed by atoms with van der Waals surface area (Å²) < 4.78 is 51.5. The van der Waals surface area contributed by atoms with E-state index >= 15 is 0 Å². The number of halogens is 3. The van der Waals surface area contributed by atoms with Gasteiger partial charge in [-0.3, -0.25) is 19.7 Å². The van der Waals surface area contributed by atoms with E-state index in [1.807, 2.05) is 0 Å². The highest BCUT2D eigenvalue weighted by molar-refractivity contribution is 6.06. The Kier molecular flexibility index (Phi) is 8.59. The van der Waals surface area contributed by atoms with Crippen molar-refractivity contribution in [2.75, 3.05) is 13.2 Å². The lowest BCUT2D eigenvalue weighted by Gasteiger charge is -2.49. The van der Waals surface area contributed by atoms with Crippen LogP contribution in [0.5, 0.6) is 17.2 Å². The van der Waals surface area contributed by atoms with Crippen molar-refractivity contribution in [3.63, 3.8) is 0 Å². The van der Waals surface area contributed by atoms with Gasteiger partial charge in [-0.15, -0.1) is 0 Å². The van der Waals surface area contributed by atoms with Crippen LogP contribution in [0.2, 0.25) is 0 Å². The Balaban J connectivity index is 1.66. The lowest BCUT2D eigenvalue weighted by molar-refractivity contribution is -0.385. The van der Waals surface area contributed by atoms with E-state index in [2.05, 4.69) is 39.5 Å². The molecular weight excluding hydrogens is 601 g/mol. The van der Waals surface area contributed by atoms with E-state index in [1.54, 1.807) is 19.1 Å². The number of allylic oxidation sites excluding steroid dienone is 4. The highest BCUT2D eigenvalue weighted by atomic mass is 19.4. The van der Waals surface area contributed by atoms with Gasteiger partial charge >= 0.3 is 11.9 Å². The molecule has 1 aliphatic heterocycles. The fourth-order valence-corrected chi connectivity index (χ4v) is 6.97. The van der Waals surface area contributed by atoms with Gasteiger partial charge in [-0.1, -0.05) is 40.7 Å². The molecule has 2 aromatic carbocycles. The van der Waals surface area contributed by atoms with Crippen LogP contribution in [-0.2, 0) is 15.8 Å². The number of hydrogen-bond donors (Lipinski definition) is 0. The molecule has 0 radical (unpaired) electrons. The van der Waals surface area contributed by atoms with Crippen LogP contribution in [0.15, 0.2) is 58.9 Å². The Bertz CT molecular complexity index is 1620. The lowest BCUT2D eigenvalue weighted by atomic mass is 9.63. The molecule has 2 aromatic rings. The zero-order valence-corrected chi connectivity index (χ0v) is 27.0. The fraction of sp³-hybridized carbons (Fsp3) is 0.486. The Labute approximate surface area is 266 Å². The predicted octanol–water partition coefficient (Wildman–Crippen LogP) is 8.90. The normalized spacial score (nSPS) is 19.6. The summed E-state index contributed by atoms with van der Waals surface area (Å²) in [5, 5.41) is 11.7. The summed E-state index contributed by atoms with van der Waals surface area (Å²) >= 11 is 0. The Morgan fingerprint density at radius 3 is 1.93 bits per heavy atom. The molecule has 3 aliphatic rings. The third-order valence-corrected chi connectivity index (χ3v) is 8.77. The topological polar surface area (TPSA) is 99.0 Å². The van der Waals surface area contributed by atoms with Gasteiger partial charge in [-0.25, -0.2) is 0 Å². The van der Waals surface area contributed by atoms with Crippen molar-refractivity contribution in [2.45, 2.75) is 85.7 Å². The first-order valence-electron chi connectivity index (χ1n) is 15.6. The number of nitro groups is 1. The quantitative estimate of drug-likeness (QED) is 0.210. The molecule has 0 unspecified atom stereocenters. The van der Waals surface area contributed by atoms with E-state index < -0.39 is 28.3 Å². The minimum atomic E-state index is -4.77. The smallest absolute Gasteiger partial charge is 0.416 e. The number of carbonyl (C=O) groups excluding carboxylic acids is 2. The largest absolute Gasteiger partial charge is 0.490 e. The predicted molar refractivity (Wildman–Crippen MR) is 166 cm³/mol. The maximum Gasteiger partial charge on any atom is 0.416 e. The maximum absolute atomic E-state index is 14.0. The average Bonchev–Trinajstić information content (AvgIpc) is 2.93. The molecule has 5 rings (SSSR count). The number of rotatable bonds is 8. The Hall–Kier alpha value is -4.15. The highest BCUT2D eigenvalue weighted by Gasteiger charge is 2.49. The van der Waals surface area contributed by atoms with Crippen molar-refractivity contribution in [1.29, 1.82) is 0 Å². The van der Waals surface area contributed by atoms with Crippen molar-refractivity contribution < 1.29 is 37.2 Å². The van der Waals surface area contributed by atoms with Gasteiger partial charge in [0.15, 0.2) is 23.1 Å². The summed E-state index contributed by atoms with van der Waals surface area (Å²) in [5.74, 6) is -0.822. The molecule has 0 fully saturated rings. The van der Waals surface area contributed by atoms with Crippen LogP contribution in [0.4, 0.5) is 18.9 Å². The number of ether oxygens (including phenoxy) is 2. The number of carbonyl (C=O) groups is 2. The van der Waals surface area contributed by atoms with Gasteiger partial charge in [0, 0.05) is 53.9 Å². The molecule has 0 bridgehead atoms. The lowest BCUT2D eigenvalue weighted by Crippen LogP contribution is -2.44. The van der Waals surface area contributed by atoms with Crippen molar-refractivity contribution in [1.82, 2.24) is 4.90 Å². The fourth-order valence-electron chi connectivity index (χ4n) is 6.97. The molecule has 11 heteroatoms. The van der Waals surface area contributed by atoms with E-state index in [9.17, 15) is 32.9 Å². The van der Waals surface area contributed by atoms with Gasteiger partial charge < -0.3 is 14.4 Å². The maximum atomic E-state index is 14.0. The van der Waals surface area contributed by atoms with E-state index in [4.69, 9.17) is 9.47 Å². The van der Waals surface area contributed by atoms with E-state index in [-0.39, 0.29) is 46.3 Å². The van der Waals surface area contributed by atoms with E-state index in [0.29, 0.717) is 55.0 Å². The molecule has 1 heterocycles. The van der Waals surface area contributed by atoms with Crippen molar-refractivity contribution in [2.24, 2.45) is 10.8 Å². The molecule has 46 heavy (non-hydrogen) atoms. The molecule has 0 saturated heterocycles. The number of benzene rings is 2. The first-order valence-corrected chi connectivity index (χ1v) is 15.6. The zero-order chi connectivity index (χ0) is 33.8. The minimum absolute atomic E-state index is 0.0137. The van der Waals surface area contributed by atoms with Crippen LogP contribution in [-0.4, -0.2) is 34.5 Å². The van der Waals surface area contributed by atoms with Crippen LogP contribution in [0.25, 0.3) is 0 Å². The van der Waals surface area contributed by atoms with Gasteiger partial charge in [-0.05, 0) is 66.8 Å². The summed E-state index contributed by atoms with van der Waals surface area (Å²) in [6.45, 7) is 13.0. The van der Waals surface area contributed by atoms with Gasteiger partial charge in [-0.2, -0.15) is 13.2 Å². The highest BCUT2D eigenvalue weighted by Crippen LogP contribution is 2.55. The van der Waals surface area contributed by atoms with E-state index in [0.717, 1.165) is 29.9 Å². The molecule has 0 atom stereocenters. The molecule has 0 N–H and O–H groups in total. The second-order valence-electron chi connectivity index (χ2n) is 13.9. The second-order valence-corrected chi connectivity index (χ2v) is 13.9. The minimum Gasteiger partial charge on any atom is -0.490 e. The summed E-state index contributed by atoms with van der Waals surface area (Å²) in [6.07, 6.45) is -1.92. The number of ketones is 2. The molecule has 8 nitrogen and oxygen atoms in total. The average molecular weight is 641 g/mol. The van der Waals surface area contributed by atoms with Crippen LogP contribution in [0.1, 0.15) is 90.7 Å². The Morgan fingerprint density at radius 1 is 0.870 bits per heavy atom. The van der Waals surface area contributed by atoms with Crippen LogP contribution >= 0.6 is 0 Å². The van der Waals surface area contributed by atoms with Gasteiger partial charge in [0.25, 0.3) is 0 Å². The number of hydrogen-bond acceptors (Lipinski definition) is 7. The standard InChI is InChI=1S/C35H39F3N2O6/c1-7-13-39-23-16-33(3,4)18-25(41)31(23)30(32-24(39)17-34(5,6)19-26(32)42)20-9-11-28(29(14-20)45-8-2)46-27-12-10-21(35(36,37)38)15-22(27)40(43)44/h9-12,14-15,30H,7-8,13,16-19H2,1-6H3. The summed E-state index contributed by atoms with van der Waals surface area (Å²) in [5.41, 5.74) is 1.19. The number of nitrogens with zero attached hydrogens (tertiary/aromatic N) is 2.